The Morgan fingerprint density at radius 3 is 2.23 bits per heavy atom. The molecule has 0 unspecified atom stereocenters. The number of piperidine rings is 1. The quantitative estimate of drug-likeness (QED) is 0.480. The minimum atomic E-state index is -0.106. The van der Waals surface area contributed by atoms with Crippen molar-refractivity contribution in [3.63, 3.8) is 0 Å². The van der Waals surface area contributed by atoms with Gasteiger partial charge in [-0.1, -0.05) is 30.3 Å². The van der Waals surface area contributed by atoms with Crippen LogP contribution in [0.2, 0.25) is 0 Å². The number of ether oxygens (including phenoxy) is 3. The first-order valence-corrected chi connectivity index (χ1v) is 10.7. The lowest BCUT2D eigenvalue weighted by Crippen LogP contribution is -2.47. The molecular weight excluding hydrogens is 378 g/mol. The molecule has 30 heavy (non-hydrogen) atoms. The van der Waals surface area contributed by atoms with E-state index in [0.29, 0.717) is 25.6 Å². The smallest absolute Gasteiger partial charge is 0.161 e. The second-order valence-corrected chi connectivity index (χ2v) is 8.47. The van der Waals surface area contributed by atoms with Crippen LogP contribution in [0, 0.1) is 11.1 Å². The van der Waals surface area contributed by atoms with Gasteiger partial charge in [0.15, 0.2) is 11.5 Å². The number of benzene rings is 2. The van der Waals surface area contributed by atoms with Gasteiger partial charge in [0.1, 0.15) is 12.3 Å². The average molecular weight is 410 g/mol. The van der Waals surface area contributed by atoms with Crippen LogP contribution >= 0.6 is 0 Å². The van der Waals surface area contributed by atoms with Crippen molar-refractivity contribution in [2.24, 2.45) is 5.92 Å². The van der Waals surface area contributed by atoms with Crippen LogP contribution in [0.1, 0.15) is 36.0 Å². The zero-order valence-electron chi connectivity index (χ0n) is 18.1. The molecule has 1 aliphatic carbocycles. The molecule has 1 fully saturated rings. The van der Waals surface area contributed by atoms with Crippen LogP contribution in [0.3, 0.4) is 0 Å². The lowest BCUT2D eigenvalue weighted by molar-refractivity contribution is -0.899. The molecule has 0 atom stereocenters. The number of methoxy groups -OCH3 is 3. The number of hydrogen-bond acceptors (Lipinski definition) is 4. The van der Waals surface area contributed by atoms with Crippen molar-refractivity contribution in [3.8, 4) is 11.5 Å². The predicted octanol–water partition coefficient (Wildman–Crippen LogP) is 4.93. The molecule has 0 spiro atoms. The largest absolute Gasteiger partial charge is 0.633 e. The van der Waals surface area contributed by atoms with Gasteiger partial charge in [0.25, 0.3) is 0 Å². The minimum Gasteiger partial charge on any atom is -0.633 e. The summed E-state index contributed by atoms with van der Waals surface area (Å²) in [5.74, 6) is 2.96. The van der Waals surface area contributed by atoms with E-state index in [0.717, 1.165) is 54.1 Å². The molecule has 5 heteroatoms. The summed E-state index contributed by atoms with van der Waals surface area (Å²) in [6.07, 6.45) is 3.77. The third kappa shape index (κ3) is 4.18. The Hall–Kier alpha value is -2.50. The van der Waals surface area contributed by atoms with Gasteiger partial charge in [0.05, 0.1) is 34.4 Å². The van der Waals surface area contributed by atoms with E-state index in [4.69, 9.17) is 14.2 Å². The Kier molecular flexibility index (Phi) is 6.02. The fourth-order valence-corrected chi connectivity index (χ4v) is 4.92. The molecule has 2 aromatic carbocycles. The van der Waals surface area contributed by atoms with Crippen molar-refractivity contribution < 1.29 is 18.9 Å². The maximum Gasteiger partial charge on any atom is 0.161 e. The van der Waals surface area contributed by atoms with Gasteiger partial charge in [-0.3, -0.25) is 0 Å². The van der Waals surface area contributed by atoms with E-state index < -0.39 is 0 Å². The molecule has 2 aromatic rings. The van der Waals surface area contributed by atoms with E-state index in [2.05, 4.69) is 18.2 Å². The number of likely N-dealkylation sites (tertiary alicyclic amines) is 1. The van der Waals surface area contributed by atoms with Gasteiger partial charge in [-0.15, -0.1) is 0 Å². The monoisotopic (exact) mass is 409 g/mol. The Bertz CT molecular complexity index is 914. The molecule has 0 bridgehead atoms. The SMILES string of the molecule is COC1=C(CC2CC[N+]([O-])(Cc3ccccc3)CC2)Cc2cc(OC)c(OC)cc21. The second-order valence-electron chi connectivity index (χ2n) is 8.47. The summed E-state index contributed by atoms with van der Waals surface area (Å²) in [7, 11) is 5.05. The number of nitrogens with zero attached hydrogens (tertiary/aromatic N) is 1. The summed E-state index contributed by atoms with van der Waals surface area (Å²) in [4.78, 5) is 0. The fourth-order valence-electron chi connectivity index (χ4n) is 4.92. The van der Waals surface area contributed by atoms with E-state index >= 15 is 0 Å². The van der Waals surface area contributed by atoms with Gasteiger partial charge in [-0.05, 0) is 42.0 Å². The third-order valence-corrected chi connectivity index (χ3v) is 6.52. The molecule has 4 rings (SSSR count). The van der Waals surface area contributed by atoms with E-state index in [1.807, 2.05) is 24.3 Å². The zero-order valence-corrected chi connectivity index (χ0v) is 18.1. The highest BCUT2D eigenvalue weighted by Crippen LogP contribution is 2.43. The van der Waals surface area contributed by atoms with Crippen LogP contribution in [0.15, 0.2) is 48.0 Å². The van der Waals surface area contributed by atoms with Gasteiger partial charge in [-0.25, -0.2) is 0 Å². The minimum absolute atomic E-state index is 0.106. The molecule has 160 valence electrons. The number of fused-ring (bicyclic) bond motifs is 1. The zero-order chi connectivity index (χ0) is 21.1. The molecule has 1 saturated heterocycles. The predicted molar refractivity (Wildman–Crippen MR) is 118 cm³/mol. The number of hydrogen-bond donors (Lipinski definition) is 0. The lowest BCUT2D eigenvalue weighted by Gasteiger charge is -2.47. The average Bonchev–Trinajstić information content (AvgIpc) is 3.10. The van der Waals surface area contributed by atoms with E-state index in [9.17, 15) is 5.21 Å². The maximum absolute atomic E-state index is 13.2. The number of rotatable bonds is 7. The summed E-state index contributed by atoms with van der Waals surface area (Å²) in [5, 5.41) is 13.2. The van der Waals surface area contributed by atoms with Crippen LogP contribution < -0.4 is 9.47 Å². The van der Waals surface area contributed by atoms with Crippen molar-refractivity contribution in [1.29, 1.82) is 0 Å². The molecule has 0 amide bonds. The highest BCUT2D eigenvalue weighted by Gasteiger charge is 2.31. The number of allylic oxidation sites excluding steroid dienone is 1. The van der Waals surface area contributed by atoms with Gasteiger partial charge in [0.2, 0.25) is 0 Å². The molecule has 0 radical (unpaired) electrons. The Morgan fingerprint density at radius 2 is 1.60 bits per heavy atom. The van der Waals surface area contributed by atoms with Gasteiger partial charge in [0, 0.05) is 24.0 Å². The molecule has 5 nitrogen and oxygen atoms in total. The van der Waals surface area contributed by atoms with Crippen molar-refractivity contribution in [3.05, 3.63) is 69.9 Å². The molecule has 2 aliphatic rings. The first-order chi connectivity index (χ1) is 14.5. The van der Waals surface area contributed by atoms with Crippen molar-refractivity contribution in [2.75, 3.05) is 34.4 Å². The topological polar surface area (TPSA) is 50.8 Å². The molecular formula is C25H31NO4. The van der Waals surface area contributed by atoms with Crippen molar-refractivity contribution >= 4 is 5.76 Å². The van der Waals surface area contributed by atoms with E-state index in [-0.39, 0.29) is 4.65 Å². The van der Waals surface area contributed by atoms with Gasteiger partial charge in [-0.2, -0.15) is 0 Å². The molecule has 0 aromatic heterocycles. The maximum atomic E-state index is 13.2. The molecule has 1 aliphatic heterocycles. The summed E-state index contributed by atoms with van der Waals surface area (Å²) in [6, 6.07) is 14.2. The Balaban J connectivity index is 1.43. The standard InChI is InChI=1S/C25H31NO4/c1-28-23-15-20-14-21(25(30-3)22(20)16-24(23)29-2)13-18-9-11-26(27,12-10-18)17-19-7-5-4-6-8-19/h4-8,15-16,18H,9-14,17H2,1-3H3. The molecule has 0 N–H and O–H groups in total. The summed E-state index contributed by atoms with van der Waals surface area (Å²) >= 11 is 0. The summed E-state index contributed by atoms with van der Waals surface area (Å²) in [5.41, 5.74) is 4.76. The highest BCUT2D eigenvalue weighted by atomic mass is 16.5. The highest BCUT2D eigenvalue weighted by molar-refractivity contribution is 5.74. The molecule has 0 saturated carbocycles. The van der Waals surface area contributed by atoms with Crippen molar-refractivity contribution in [1.82, 2.24) is 0 Å². The first-order valence-electron chi connectivity index (χ1n) is 10.7. The fraction of sp³-hybridized carbons (Fsp3) is 0.440. The van der Waals surface area contributed by atoms with Crippen LogP contribution in [-0.4, -0.2) is 39.1 Å². The van der Waals surface area contributed by atoms with Gasteiger partial charge >= 0.3 is 0 Å². The second kappa shape index (κ2) is 8.70. The summed E-state index contributed by atoms with van der Waals surface area (Å²) in [6.45, 7) is 1.94. The third-order valence-electron chi connectivity index (χ3n) is 6.52. The Morgan fingerprint density at radius 1 is 0.933 bits per heavy atom. The van der Waals surface area contributed by atoms with E-state index in [1.165, 1.54) is 11.1 Å². The van der Waals surface area contributed by atoms with Crippen LogP contribution in [0.5, 0.6) is 11.5 Å². The van der Waals surface area contributed by atoms with E-state index in [1.54, 1.807) is 21.3 Å². The number of quaternary nitrogens is 1. The van der Waals surface area contributed by atoms with Crippen molar-refractivity contribution in [2.45, 2.75) is 32.2 Å². The normalized spacial score (nSPS) is 23.3. The van der Waals surface area contributed by atoms with Gasteiger partial charge < -0.3 is 24.1 Å². The van der Waals surface area contributed by atoms with Crippen LogP contribution in [0.25, 0.3) is 5.76 Å². The summed E-state index contributed by atoms with van der Waals surface area (Å²) < 4.78 is 16.6. The lowest BCUT2D eigenvalue weighted by atomic mass is 9.88. The molecule has 1 heterocycles. The first kappa shape index (κ1) is 20.8. The van der Waals surface area contributed by atoms with Crippen LogP contribution in [0.4, 0.5) is 0 Å². The Labute approximate surface area is 179 Å². The number of hydroxylamine groups is 3. The van der Waals surface area contributed by atoms with Crippen LogP contribution in [-0.2, 0) is 17.7 Å².